The van der Waals surface area contributed by atoms with Crippen molar-refractivity contribution >= 4 is 12.0 Å². The van der Waals surface area contributed by atoms with Gasteiger partial charge in [-0.3, -0.25) is 0 Å². The molecule has 3 rings (SSSR count). The van der Waals surface area contributed by atoms with Gasteiger partial charge in [-0.1, -0.05) is 42.5 Å². The number of aliphatic carboxylic acids is 1. The fourth-order valence-electron chi connectivity index (χ4n) is 2.11. The minimum atomic E-state index is -1.34. The molecule has 1 N–H and O–H groups in total. The second kappa shape index (κ2) is 6.58. The summed E-state index contributed by atoms with van der Waals surface area (Å²) in [5.41, 5.74) is 2.38. The molecule has 0 bridgehead atoms. The van der Waals surface area contributed by atoms with Gasteiger partial charge in [0.15, 0.2) is 0 Å². The highest BCUT2D eigenvalue weighted by Gasteiger charge is 2.11. The van der Waals surface area contributed by atoms with Gasteiger partial charge in [0.25, 0.3) is 0 Å². The number of carboxylic acids is 1. The van der Waals surface area contributed by atoms with Gasteiger partial charge in [0.05, 0.1) is 0 Å². The van der Waals surface area contributed by atoms with E-state index in [9.17, 15) is 4.79 Å². The Labute approximate surface area is 137 Å². The summed E-state index contributed by atoms with van der Waals surface area (Å²) in [7, 11) is 0. The quantitative estimate of drug-likeness (QED) is 0.584. The van der Waals surface area contributed by atoms with Gasteiger partial charge >= 0.3 is 5.97 Å². The molecule has 0 aliphatic heterocycles. The molecule has 0 atom stereocenters. The summed E-state index contributed by atoms with van der Waals surface area (Å²) < 4.78 is 5.38. The van der Waals surface area contributed by atoms with E-state index >= 15 is 0 Å². The lowest BCUT2D eigenvalue weighted by Crippen LogP contribution is -1.97. The Morgan fingerprint density at radius 1 is 1.00 bits per heavy atom. The zero-order valence-electron chi connectivity index (χ0n) is 12.4. The molecule has 0 aliphatic carbocycles. The lowest BCUT2D eigenvalue weighted by Gasteiger charge is -2.01. The van der Waals surface area contributed by atoms with Gasteiger partial charge in [-0.15, -0.1) is 10.2 Å². The number of nitrogens with zero attached hydrogens (tertiary/aromatic N) is 3. The predicted octanol–water partition coefficient (Wildman–Crippen LogP) is 3.40. The summed E-state index contributed by atoms with van der Waals surface area (Å²) in [4.78, 5) is 10.8. The van der Waals surface area contributed by atoms with Gasteiger partial charge in [0, 0.05) is 11.6 Å². The Morgan fingerprint density at radius 3 is 2.25 bits per heavy atom. The van der Waals surface area contributed by atoms with Crippen molar-refractivity contribution in [2.24, 2.45) is 0 Å². The minimum absolute atomic E-state index is 0.0314. The Balaban J connectivity index is 1.86. The van der Waals surface area contributed by atoms with Crippen molar-refractivity contribution in [1.82, 2.24) is 10.2 Å². The maximum atomic E-state index is 10.8. The van der Waals surface area contributed by atoms with Gasteiger partial charge < -0.3 is 9.52 Å². The largest absolute Gasteiger partial charge is 0.477 e. The SMILES string of the molecule is N#C/C(=C\c1nnc(-c2ccc(-c3ccccc3)cc2)o1)C(=O)O. The summed E-state index contributed by atoms with van der Waals surface area (Å²) in [5.74, 6) is -1.12. The van der Waals surface area contributed by atoms with Crippen molar-refractivity contribution in [2.75, 3.05) is 0 Å². The van der Waals surface area contributed by atoms with E-state index in [-0.39, 0.29) is 11.8 Å². The molecule has 116 valence electrons. The van der Waals surface area contributed by atoms with Crippen LogP contribution in [-0.4, -0.2) is 21.3 Å². The van der Waals surface area contributed by atoms with Gasteiger partial charge in [0.2, 0.25) is 11.8 Å². The van der Waals surface area contributed by atoms with E-state index in [4.69, 9.17) is 14.8 Å². The Morgan fingerprint density at radius 2 is 1.62 bits per heavy atom. The summed E-state index contributed by atoms with van der Waals surface area (Å²) in [6, 6.07) is 19.0. The van der Waals surface area contributed by atoms with Crippen LogP contribution < -0.4 is 0 Å². The molecule has 0 saturated heterocycles. The van der Waals surface area contributed by atoms with Crippen molar-refractivity contribution in [3.05, 3.63) is 66.1 Å². The standard InChI is InChI=1S/C18H11N3O3/c19-11-15(18(22)23)10-16-20-21-17(24-16)14-8-6-13(7-9-14)12-4-2-1-3-5-12/h1-10H,(H,22,23)/b15-10+. The van der Waals surface area contributed by atoms with E-state index in [1.165, 1.54) is 0 Å². The smallest absolute Gasteiger partial charge is 0.346 e. The van der Waals surface area contributed by atoms with Crippen molar-refractivity contribution in [1.29, 1.82) is 5.26 Å². The lowest BCUT2D eigenvalue weighted by molar-refractivity contribution is -0.132. The summed E-state index contributed by atoms with van der Waals surface area (Å²) >= 11 is 0. The molecule has 2 aromatic carbocycles. The summed E-state index contributed by atoms with van der Waals surface area (Å²) in [6.45, 7) is 0. The number of carbonyl (C=O) groups is 1. The average molecular weight is 317 g/mol. The molecule has 24 heavy (non-hydrogen) atoms. The highest BCUT2D eigenvalue weighted by Crippen LogP contribution is 2.24. The predicted molar refractivity (Wildman–Crippen MR) is 86.4 cm³/mol. The average Bonchev–Trinajstić information content (AvgIpc) is 3.09. The third-order valence-electron chi connectivity index (χ3n) is 3.30. The third kappa shape index (κ3) is 3.20. The number of aromatic nitrogens is 2. The molecular formula is C18H11N3O3. The monoisotopic (exact) mass is 317 g/mol. The van der Waals surface area contributed by atoms with Crippen LogP contribution in [0.1, 0.15) is 5.89 Å². The Bertz CT molecular complexity index is 936. The second-order valence-corrected chi connectivity index (χ2v) is 4.86. The topological polar surface area (TPSA) is 100 Å². The zero-order valence-corrected chi connectivity index (χ0v) is 12.4. The van der Waals surface area contributed by atoms with E-state index in [0.717, 1.165) is 17.2 Å². The fraction of sp³-hybridized carbons (Fsp3) is 0. The molecule has 0 aliphatic rings. The highest BCUT2D eigenvalue weighted by molar-refractivity contribution is 5.95. The summed E-state index contributed by atoms with van der Waals surface area (Å²) in [6.07, 6.45) is 1.04. The van der Waals surface area contributed by atoms with Crippen LogP contribution in [0.4, 0.5) is 0 Å². The van der Waals surface area contributed by atoms with Gasteiger partial charge in [-0.2, -0.15) is 5.26 Å². The number of hydrogen-bond donors (Lipinski definition) is 1. The van der Waals surface area contributed by atoms with E-state index in [0.29, 0.717) is 5.56 Å². The van der Waals surface area contributed by atoms with Crippen LogP contribution in [0.25, 0.3) is 28.7 Å². The lowest BCUT2D eigenvalue weighted by atomic mass is 10.0. The van der Waals surface area contributed by atoms with Crippen LogP contribution >= 0.6 is 0 Å². The number of hydrogen-bond acceptors (Lipinski definition) is 5. The molecule has 1 heterocycles. The Kier molecular flexibility index (Phi) is 4.17. The van der Waals surface area contributed by atoms with Crippen molar-refractivity contribution in [2.45, 2.75) is 0 Å². The van der Waals surface area contributed by atoms with Crippen molar-refractivity contribution in [3.8, 4) is 28.7 Å². The van der Waals surface area contributed by atoms with E-state index in [1.807, 2.05) is 54.6 Å². The van der Waals surface area contributed by atoms with Gasteiger partial charge in [-0.05, 0) is 23.3 Å². The van der Waals surface area contributed by atoms with Gasteiger partial charge in [-0.25, -0.2) is 4.79 Å². The molecule has 0 amide bonds. The molecule has 0 fully saturated rings. The first-order valence-corrected chi connectivity index (χ1v) is 7.02. The van der Waals surface area contributed by atoms with Crippen molar-refractivity contribution < 1.29 is 14.3 Å². The molecule has 0 unspecified atom stereocenters. The van der Waals surface area contributed by atoms with Crippen LogP contribution in [0.5, 0.6) is 0 Å². The number of benzene rings is 2. The fourth-order valence-corrected chi connectivity index (χ4v) is 2.11. The third-order valence-corrected chi connectivity index (χ3v) is 3.30. The van der Waals surface area contributed by atoms with Crippen LogP contribution in [0.15, 0.2) is 64.6 Å². The second-order valence-electron chi connectivity index (χ2n) is 4.86. The Hall–Kier alpha value is -3.72. The normalized spacial score (nSPS) is 11.0. The molecule has 6 heteroatoms. The first kappa shape index (κ1) is 15.2. The molecule has 3 aromatic rings. The van der Waals surface area contributed by atoms with E-state index in [2.05, 4.69) is 10.2 Å². The number of carboxylic acid groups (broad SMARTS) is 1. The first-order chi connectivity index (χ1) is 11.7. The van der Waals surface area contributed by atoms with Crippen LogP contribution in [-0.2, 0) is 4.79 Å². The minimum Gasteiger partial charge on any atom is -0.477 e. The number of rotatable bonds is 4. The van der Waals surface area contributed by atoms with E-state index < -0.39 is 11.5 Å². The molecule has 1 aromatic heterocycles. The zero-order chi connectivity index (χ0) is 16.9. The first-order valence-electron chi connectivity index (χ1n) is 7.02. The maximum Gasteiger partial charge on any atom is 0.346 e. The van der Waals surface area contributed by atoms with Crippen LogP contribution in [0.2, 0.25) is 0 Å². The molecule has 6 nitrogen and oxygen atoms in total. The highest BCUT2D eigenvalue weighted by atomic mass is 16.4. The van der Waals surface area contributed by atoms with Gasteiger partial charge in [0.1, 0.15) is 11.6 Å². The maximum absolute atomic E-state index is 10.8. The van der Waals surface area contributed by atoms with E-state index in [1.54, 1.807) is 6.07 Å². The molecule has 0 saturated carbocycles. The van der Waals surface area contributed by atoms with Crippen molar-refractivity contribution in [3.63, 3.8) is 0 Å². The van der Waals surface area contributed by atoms with Crippen LogP contribution in [0.3, 0.4) is 0 Å². The molecule has 0 radical (unpaired) electrons. The molecule has 0 spiro atoms. The molecular weight excluding hydrogens is 306 g/mol. The number of nitriles is 1. The van der Waals surface area contributed by atoms with Crippen LogP contribution in [0, 0.1) is 11.3 Å². The summed E-state index contributed by atoms with van der Waals surface area (Å²) in [5, 5.41) is 25.2.